The third-order valence-corrected chi connectivity index (χ3v) is 1.36. The van der Waals surface area contributed by atoms with Gasteiger partial charge in [-0.05, 0) is 32.8 Å². The fourth-order valence-electron chi connectivity index (χ4n) is 0.502. The molecule has 0 aromatic heterocycles. The van der Waals surface area contributed by atoms with Crippen molar-refractivity contribution in [1.29, 1.82) is 0 Å². The fraction of sp³-hybridized carbons (Fsp3) is 0.400. The van der Waals surface area contributed by atoms with Gasteiger partial charge in [0.25, 0.3) is 0 Å². The van der Waals surface area contributed by atoms with Crippen molar-refractivity contribution in [1.82, 2.24) is 0 Å². The summed E-state index contributed by atoms with van der Waals surface area (Å²) in [6, 6.07) is 0. The van der Waals surface area contributed by atoms with Gasteiger partial charge in [0, 0.05) is 0 Å². The van der Waals surface area contributed by atoms with Crippen LogP contribution >= 0.6 is 0 Å². The lowest BCUT2D eigenvalue weighted by Gasteiger charge is -1.99. The lowest BCUT2D eigenvalue weighted by atomic mass is 10.1. The maximum absolute atomic E-state index is 3.88. The van der Waals surface area contributed by atoms with Crippen LogP contribution in [0.5, 0.6) is 0 Å². The van der Waals surface area contributed by atoms with Crippen LogP contribution < -0.4 is 0 Å². The van der Waals surface area contributed by atoms with Crippen LogP contribution in [0.15, 0.2) is 36.0 Å². The predicted molar refractivity (Wildman–Crippen MR) is 48.0 cm³/mol. The second-order valence-electron chi connectivity index (χ2n) is 2.87. The summed E-state index contributed by atoms with van der Waals surface area (Å²) in [6.07, 6.45) is 3.11. The summed E-state index contributed by atoms with van der Waals surface area (Å²) in [7, 11) is 0. The Labute approximate surface area is 64.0 Å². The molecular weight excluding hydrogens is 120 g/mol. The van der Waals surface area contributed by atoms with Crippen LogP contribution in [-0.2, 0) is 0 Å². The summed E-state index contributed by atoms with van der Waals surface area (Å²) in [4.78, 5) is 0. The molecule has 0 N–H and O–H groups in total. The molecule has 0 aliphatic carbocycles. The highest BCUT2D eigenvalue weighted by Crippen LogP contribution is 2.10. The molecule has 0 unspecified atom stereocenters. The topological polar surface area (TPSA) is 0 Å². The first kappa shape index (κ1) is 9.22. The van der Waals surface area contributed by atoms with E-state index in [2.05, 4.69) is 33.1 Å². The molecule has 0 radical (unpaired) electrons. The predicted octanol–water partition coefficient (Wildman–Crippen LogP) is 3.48. The molecule has 0 fully saturated rings. The maximum atomic E-state index is 3.88. The molecule has 0 saturated carbocycles. The fourth-order valence-corrected chi connectivity index (χ4v) is 0.502. The lowest BCUT2D eigenvalue weighted by Crippen LogP contribution is -1.79. The average molecular weight is 136 g/mol. The van der Waals surface area contributed by atoms with Crippen molar-refractivity contribution in [2.24, 2.45) is 0 Å². The molecule has 0 bridgehead atoms. The van der Waals surface area contributed by atoms with Crippen LogP contribution in [0.25, 0.3) is 0 Å². The Kier molecular flexibility index (Phi) is 3.78. The molecule has 0 aliphatic rings. The van der Waals surface area contributed by atoms with Crippen LogP contribution in [0.3, 0.4) is 0 Å². The number of hydrogen-bond donors (Lipinski definition) is 0. The number of allylic oxidation sites excluding steroid dienone is 4. The zero-order valence-corrected chi connectivity index (χ0v) is 7.20. The van der Waals surface area contributed by atoms with Crippen LogP contribution in [0, 0.1) is 0 Å². The highest BCUT2D eigenvalue weighted by molar-refractivity contribution is 5.25. The van der Waals surface area contributed by atoms with Gasteiger partial charge >= 0.3 is 0 Å². The van der Waals surface area contributed by atoms with Gasteiger partial charge in [-0.25, -0.2) is 0 Å². The summed E-state index contributed by atoms with van der Waals surface area (Å²) in [5.41, 5.74) is 3.54. The molecule has 0 aromatic carbocycles. The van der Waals surface area contributed by atoms with E-state index in [0.29, 0.717) is 0 Å². The monoisotopic (exact) mass is 136 g/mol. The van der Waals surface area contributed by atoms with Gasteiger partial charge < -0.3 is 0 Å². The van der Waals surface area contributed by atoms with Gasteiger partial charge in [-0.15, -0.1) is 0 Å². The van der Waals surface area contributed by atoms with E-state index in [1.807, 2.05) is 6.92 Å². The van der Waals surface area contributed by atoms with E-state index >= 15 is 0 Å². The molecule has 0 heteroatoms. The zero-order chi connectivity index (χ0) is 8.15. The van der Waals surface area contributed by atoms with Crippen LogP contribution in [0.4, 0.5) is 0 Å². The van der Waals surface area contributed by atoms with Crippen molar-refractivity contribution in [2.75, 3.05) is 0 Å². The Hall–Kier alpha value is -0.780. The highest BCUT2D eigenvalue weighted by atomic mass is 14.0. The van der Waals surface area contributed by atoms with Crippen molar-refractivity contribution in [2.45, 2.75) is 27.2 Å². The molecular formula is C10H16. The van der Waals surface area contributed by atoms with E-state index in [9.17, 15) is 0 Å². The summed E-state index contributed by atoms with van der Waals surface area (Å²) in [6.45, 7) is 13.9. The van der Waals surface area contributed by atoms with E-state index in [0.717, 1.165) is 17.6 Å². The molecule has 10 heavy (non-hydrogen) atoms. The third-order valence-electron chi connectivity index (χ3n) is 1.36. The van der Waals surface area contributed by atoms with E-state index in [1.165, 1.54) is 5.57 Å². The summed E-state index contributed by atoms with van der Waals surface area (Å²) in [5.74, 6) is 0. The Bertz CT molecular complexity index is 166. The van der Waals surface area contributed by atoms with Crippen molar-refractivity contribution in [3.8, 4) is 0 Å². The number of hydrogen-bond acceptors (Lipinski definition) is 0. The summed E-state index contributed by atoms with van der Waals surface area (Å²) < 4.78 is 0. The van der Waals surface area contributed by atoms with Crippen molar-refractivity contribution in [3.05, 3.63) is 36.0 Å². The van der Waals surface area contributed by atoms with Crippen LogP contribution in [0.2, 0.25) is 0 Å². The molecule has 56 valence electrons. The molecule has 0 atom stereocenters. The second-order valence-corrected chi connectivity index (χ2v) is 2.87. The molecule has 0 amide bonds. The molecule has 0 nitrogen and oxygen atoms in total. The lowest BCUT2D eigenvalue weighted by molar-refractivity contribution is 1.19. The highest BCUT2D eigenvalue weighted by Gasteiger charge is 1.89. The van der Waals surface area contributed by atoms with E-state index in [-0.39, 0.29) is 0 Å². The normalized spacial score (nSPS) is 8.70. The first-order valence-electron chi connectivity index (χ1n) is 3.51. The SMILES string of the molecule is C=C(C)C(=C)CC=C(C)C. The minimum Gasteiger partial charge on any atom is -0.0958 e. The smallest absolute Gasteiger partial charge is 0.00984 e. The van der Waals surface area contributed by atoms with E-state index in [4.69, 9.17) is 0 Å². The minimum absolute atomic E-state index is 0.942. The van der Waals surface area contributed by atoms with Crippen LogP contribution in [-0.4, -0.2) is 0 Å². The molecule has 0 aromatic rings. The molecule has 0 heterocycles. The molecule has 0 saturated heterocycles. The first-order valence-corrected chi connectivity index (χ1v) is 3.51. The van der Waals surface area contributed by atoms with Crippen molar-refractivity contribution in [3.63, 3.8) is 0 Å². The molecule has 0 rings (SSSR count). The van der Waals surface area contributed by atoms with Gasteiger partial charge in [0.1, 0.15) is 0 Å². The van der Waals surface area contributed by atoms with Gasteiger partial charge in [-0.1, -0.05) is 30.4 Å². The van der Waals surface area contributed by atoms with Gasteiger partial charge in [0.05, 0.1) is 0 Å². The van der Waals surface area contributed by atoms with E-state index < -0.39 is 0 Å². The Morgan fingerprint density at radius 2 is 1.70 bits per heavy atom. The van der Waals surface area contributed by atoms with Gasteiger partial charge in [-0.3, -0.25) is 0 Å². The van der Waals surface area contributed by atoms with E-state index in [1.54, 1.807) is 0 Å². The first-order chi connectivity index (χ1) is 4.54. The van der Waals surface area contributed by atoms with Crippen molar-refractivity contribution >= 4 is 0 Å². The van der Waals surface area contributed by atoms with Gasteiger partial charge in [-0.2, -0.15) is 0 Å². The summed E-state index contributed by atoms with van der Waals surface area (Å²) >= 11 is 0. The van der Waals surface area contributed by atoms with Gasteiger partial charge in [0.15, 0.2) is 0 Å². The van der Waals surface area contributed by atoms with Gasteiger partial charge in [0.2, 0.25) is 0 Å². The largest absolute Gasteiger partial charge is 0.0958 e. The summed E-state index contributed by atoms with van der Waals surface area (Å²) in [5, 5.41) is 0. The zero-order valence-electron chi connectivity index (χ0n) is 7.20. The average Bonchev–Trinajstić information content (AvgIpc) is 1.82. The standard InChI is InChI=1S/C10H16/c1-8(2)6-7-10(5)9(3)4/h6H,3,5,7H2,1-2,4H3. The third kappa shape index (κ3) is 4.13. The molecule has 0 spiro atoms. The second kappa shape index (κ2) is 4.10. The van der Waals surface area contributed by atoms with Crippen LogP contribution in [0.1, 0.15) is 27.2 Å². The Balaban J connectivity index is 3.83. The Morgan fingerprint density at radius 1 is 1.20 bits per heavy atom. The minimum atomic E-state index is 0.942. The maximum Gasteiger partial charge on any atom is -0.00984 e. The quantitative estimate of drug-likeness (QED) is 0.411. The van der Waals surface area contributed by atoms with Crippen molar-refractivity contribution < 1.29 is 0 Å². The Morgan fingerprint density at radius 3 is 2.00 bits per heavy atom. The molecule has 0 aliphatic heterocycles. The number of rotatable bonds is 3.